The third-order valence-corrected chi connectivity index (χ3v) is 7.55. The minimum atomic E-state index is -4.26. The van der Waals surface area contributed by atoms with Gasteiger partial charge in [0.15, 0.2) is 0 Å². The fourth-order valence-electron chi connectivity index (χ4n) is 4.83. The fraction of sp³-hybridized carbons (Fsp3) is 0.423. The quantitative estimate of drug-likeness (QED) is 0.191. The number of anilines is 1. The highest BCUT2D eigenvalue weighted by molar-refractivity contribution is 8.00. The van der Waals surface area contributed by atoms with E-state index >= 15 is 0 Å². The minimum Gasteiger partial charge on any atom is -0.490 e. The molecule has 12 heteroatoms. The Balaban J connectivity index is 1.06. The summed E-state index contributed by atoms with van der Waals surface area (Å²) in [5.74, 6) is 1.00. The summed E-state index contributed by atoms with van der Waals surface area (Å²) >= 11 is -0.0819. The lowest BCUT2D eigenvalue weighted by Gasteiger charge is -2.34. The van der Waals surface area contributed by atoms with Gasteiger partial charge in [-0.15, -0.1) is 0 Å². The van der Waals surface area contributed by atoms with Crippen molar-refractivity contribution in [3.63, 3.8) is 0 Å². The van der Waals surface area contributed by atoms with Crippen molar-refractivity contribution >= 4 is 23.3 Å². The molecule has 1 fully saturated rings. The lowest BCUT2D eigenvalue weighted by molar-refractivity contribution is -0.389. The first-order valence-corrected chi connectivity index (χ1v) is 13.2. The molecule has 0 N–H and O–H groups in total. The van der Waals surface area contributed by atoms with Gasteiger partial charge in [-0.1, -0.05) is 12.1 Å². The molecule has 0 bridgehead atoms. The van der Waals surface area contributed by atoms with Crippen LogP contribution in [0.25, 0.3) is 0 Å². The van der Waals surface area contributed by atoms with E-state index in [1.54, 1.807) is 28.8 Å². The number of ether oxygens (including phenoxy) is 2. The number of benzene rings is 2. The van der Waals surface area contributed by atoms with E-state index in [4.69, 9.17) is 9.47 Å². The van der Waals surface area contributed by atoms with Gasteiger partial charge in [-0.25, -0.2) is 0 Å². The van der Waals surface area contributed by atoms with E-state index in [0.717, 1.165) is 49.4 Å². The Morgan fingerprint density at radius 2 is 1.76 bits per heavy atom. The molecule has 0 spiro atoms. The maximum Gasteiger partial charge on any atom is 0.446 e. The minimum absolute atomic E-state index is 0.0819. The van der Waals surface area contributed by atoms with Crippen LogP contribution in [0.5, 0.6) is 11.8 Å². The first-order chi connectivity index (χ1) is 18.2. The number of rotatable bonds is 8. The highest BCUT2D eigenvalue weighted by Gasteiger charge is 2.30. The van der Waals surface area contributed by atoms with Crippen LogP contribution in [0.3, 0.4) is 0 Å². The molecule has 1 aromatic heterocycles. The number of fused-ring (bicyclic) bond motifs is 1. The van der Waals surface area contributed by atoms with Crippen molar-refractivity contribution in [3.8, 4) is 11.8 Å². The second-order valence-corrected chi connectivity index (χ2v) is 10.6. The number of imidazole rings is 1. The van der Waals surface area contributed by atoms with Crippen molar-refractivity contribution in [2.45, 2.75) is 48.7 Å². The number of hydrogen-bond donors (Lipinski definition) is 0. The Labute approximate surface area is 221 Å². The van der Waals surface area contributed by atoms with E-state index in [0.29, 0.717) is 25.5 Å². The molecule has 5 rings (SSSR count). The molecule has 8 nitrogen and oxygen atoms in total. The SMILES string of the molecule is O=[N+]([O-])c1cn2c(n1)OC(COc1ccc(N3CCC(Cc4ccc(SC(F)(F)F)cc4)CC3)cc1)CC2. The highest BCUT2D eigenvalue weighted by Crippen LogP contribution is 2.37. The Bertz CT molecular complexity index is 1240. The van der Waals surface area contributed by atoms with E-state index in [1.165, 1.54) is 6.20 Å². The Morgan fingerprint density at radius 3 is 2.42 bits per heavy atom. The third-order valence-electron chi connectivity index (χ3n) is 6.81. The Kier molecular flexibility index (Phi) is 7.68. The zero-order valence-electron chi connectivity index (χ0n) is 20.5. The molecule has 38 heavy (non-hydrogen) atoms. The van der Waals surface area contributed by atoms with E-state index in [2.05, 4.69) is 9.88 Å². The summed E-state index contributed by atoms with van der Waals surface area (Å²) in [5, 5.41) is 10.9. The van der Waals surface area contributed by atoms with E-state index in [-0.39, 0.29) is 34.6 Å². The zero-order chi connectivity index (χ0) is 26.7. The van der Waals surface area contributed by atoms with E-state index in [1.807, 2.05) is 24.3 Å². The Morgan fingerprint density at radius 1 is 1.05 bits per heavy atom. The van der Waals surface area contributed by atoms with Gasteiger partial charge in [0.1, 0.15) is 24.7 Å². The number of alkyl halides is 3. The van der Waals surface area contributed by atoms with Gasteiger partial charge in [-0.3, -0.25) is 4.57 Å². The van der Waals surface area contributed by atoms with Crippen molar-refractivity contribution < 1.29 is 27.6 Å². The zero-order valence-corrected chi connectivity index (χ0v) is 21.3. The topological polar surface area (TPSA) is 82.7 Å². The molecular weight excluding hydrogens is 521 g/mol. The van der Waals surface area contributed by atoms with Gasteiger partial charge in [0.2, 0.25) is 0 Å². The van der Waals surface area contributed by atoms with Crippen LogP contribution in [0, 0.1) is 16.0 Å². The summed E-state index contributed by atoms with van der Waals surface area (Å²) in [6, 6.07) is 14.9. The maximum absolute atomic E-state index is 12.5. The summed E-state index contributed by atoms with van der Waals surface area (Å²) in [6.45, 7) is 2.74. The summed E-state index contributed by atoms with van der Waals surface area (Å²) in [6.07, 6.45) is 4.72. The molecule has 2 aliphatic rings. The molecule has 1 atom stereocenters. The Hall–Kier alpha value is -3.41. The van der Waals surface area contributed by atoms with Crippen LogP contribution in [0.4, 0.5) is 24.7 Å². The van der Waals surface area contributed by atoms with Crippen LogP contribution >= 0.6 is 11.8 Å². The molecule has 0 saturated carbocycles. The number of halogens is 3. The van der Waals surface area contributed by atoms with Gasteiger partial charge < -0.3 is 24.5 Å². The molecule has 2 aromatic carbocycles. The molecule has 3 heterocycles. The van der Waals surface area contributed by atoms with Crippen molar-refractivity contribution in [1.82, 2.24) is 9.55 Å². The maximum atomic E-state index is 12.5. The van der Waals surface area contributed by atoms with Crippen LogP contribution in [0.15, 0.2) is 59.6 Å². The summed E-state index contributed by atoms with van der Waals surface area (Å²) < 4.78 is 50.8. The number of hydrogen-bond acceptors (Lipinski definition) is 7. The van der Waals surface area contributed by atoms with Crippen LogP contribution in [-0.4, -0.2) is 45.8 Å². The molecule has 202 valence electrons. The van der Waals surface area contributed by atoms with Gasteiger partial charge in [0, 0.05) is 41.6 Å². The molecule has 3 aromatic rings. The number of nitro groups is 1. The molecule has 1 unspecified atom stereocenters. The van der Waals surface area contributed by atoms with Crippen LogP contribution in [0.2, 0.25) is 0 Å². The average Bonchev–Trinajstić information content (AvgIpc) is 3.33. The number of thioether (sulfide) groups is 1. The summed E-state index contributed by atoms with van der Waals surface area (Å²) in [7, 11) is 0. The second-order valence-electron chi connectivity index (χ2n) is 9.49. The van der Waals surface area contributed by atoms with Gasteiger partial charge >= 0.3 is 17.3 Å². The van der Waals surface area contributed by atoms with Crippen molar-refractivity contribution in [1.29, 1.82) is 0 Å². The van der Waals surface area contributed by atoms with Crippen LogP contribution in [-0.2, 0) is 13.0 Å². The molecular formula is C26H27F3N4O4S. The van der Waals surface area contributed by atoms with E-state index < -0.39 is 10.4 Å². The largest absolute Gasteiger partial charge is 0.490 e. The molecule has 0 radical (unpaired) electrons. The predicted molar refractivity (Wildman–Crippen MR) is 137 cm³/mol. The molecule has 1 saturated heterocycles. The molecule has 2 aliphatic heterocycles. The molecule has 0 amide bonds. The van der Waals surface area contributed by atoms with Crippen molar-refractivity contribution in [2.75, 3.05) is 24.6 Å². The number of piperidine rings is 1. The lowest BCUT2D eigenvalue weighted by Crippen LogP contribution is -2.34. The number of nitrogens with zero attached hydrogens (tertiary/aromatic N) is 4. The first-order valence-electron chi connectivity index (χ1n) is 12.4. The van der Waals surface area contributed by atoms with Crippen LogP contribution in [0.1, 0.15) is 24.8 Å². The van der Waals surface area contributed by atoms with Gasteiger partial charge in [-0.05, 0) is 83.8 Å². The van der Waals surface area contributed by atoms with Crippen LogP contribution < -0.4 is 14.4 Å². The van der Waals surface area contributed by atoms with Crippen molar-refractivity contribution in [3.05, 3.63) is 70.4 Å². The number of aromatic nitrogens is 2. The van der Waals surface area contributed by atoms with Gasteiger partial charge in [0.25, 0.3) is 0 Å². The highest BCUT2D eigenvalue weighted by atomic mass is 32.2. The smallest absolute Gasteiger partial charge is 0.446 e. The lowest BCUT2D eigenvalue weighted by atomic mass is 9.90. The van der Waals surface area contributed by atoms with Gasteiger partial charge in [-0.2, -0.15) is 13.2 Å². The predicted octanol–water partition coefficient (Wildman–Crippen LogP) is 6.09. The first kappa shape index (κ1) is 26.2. The summed E-state index contributed by atoms with van der Waals surface area (Å²) in [5.41, 5.74) is -2.07. The average molecular weight is 549 g/mol. The van der Waals surface area contributed by atoms with Crippen molar-refractivity contribution in [2.24, 2.45) is 5.92 Å². The molecule has 0 aliphatic carbocycles. The van der Waals surface area contributed by atoms with Gasteiger partial charge in [0.05, 0.1) is 0 Å². The second kappa shape index (κ2) is 11.1. The normalized spacial score (nSPS) is 18.1. The van der Waals surface area contributed by atoms with E-state index in [9.17, 15) is 23.3 Å². The summed E-state index contributed by atoms with van der Waals surface area (Å²) in [4.78, 5) is 16.8. The third kappa shape index (κ3) is 6.72. The number of aryl methyl sites for hydroxylation is 1. The monoisotopic (exact) mass is 548 g/mol. The standard InChI is InChI=1S/C26H27F3N4O4S/c27-26(28,29)38-23-7-1-18(2-8-23)15-19-9-12-31(13-10-19)20-3-5-21(6-4-20)36-17-22-11-14-32-16-24(33(34)35)30-25(32)37-22/h1-8,16,19,22H,9-15,17H2. The fourth-order valence-corrected chi connectivity index (χ4v) is 5.37.